The van der Waals surface area contributed by atoms with Crippen LogP contribution in [0.15, 0.2) is 52.6 Å². The second kappa shape index (κ2) is 6.05. The van der Waals surface area contributed by atoms with Crippen molar-refractivity contribution in [2.75, 3.05) is 12.3 Å². The molecule has 0 fully saturated rings. The molecule has 0 amide bonds. The Hall–Kier alpha value is -2.32. The van der Waals surface area contributed by atoms with E-state index in [0.29, 0.717) is 23.9 Å². The van der Waals surface area contributed by atoms with Crippen LogP contribution >= 0.6 is 0 Å². The Balaban J connectivity index is 1.89. The van der Waals surface area contributed by atoms with Gasteiger partial charge in [0.1, 0.15) is 0 Å². The van der Waals surface area contributed by atoms with Gasteiger partial charge in [-0.05, 0) is 35.8 Å². The first-order chi connectivity index (χ1) is 10.9. The molecule has 0 saturated heterocycles. The number of allylic oxidation sites excluding steroid dienone is 2. The van der Waals surface area contributed by atoms with Gasteiger partial charge in [0.25, 0.3) is 10.0 Å². The average Bonchev–Trinajstić information content (AvgIpc) is 2.52. The summed E-state index contributed by atoms with van der Waals surface area (Å²) in [5, 5.41) is 0. The van der Waals surface area contributed by atoms with Crippen molar-refractivity contribution >= 4 is 15.9 Å². The Labute approximate surface area is 137 Å². The Morgan fingerprint density at radius 3 is 2.61 bits per heavy atom. The molecule has 1 aromatic rings. The zero-order chi connectivity index (χ0) is 16.4. The predicted molar refractivity (Wildman–Crippen MR) is 92.6 cm³/mol. The molecule has 0 aromatic heterocycles. The maximum absolute atomic E-state index is 11.7. The summed E-state index contributed by atoms with van der Waals surface area (Å²) in [6.45, 7) is 4.71. The first-order valence-electron chi connectivity index (χ1n) is 7.55. The minimum Gasteiger partial charge on any atom is -0.330 e. The number of fused-ring (bicyclic) bond motifs is 1. The van der Waals surface area contributed by atoms with Crippen LogP contribution in [0.4, 0.5) is 0 Å². The fourth-order valence-corrected chi connectivity index (χ4v) is 3.39. The molecule has 118 valence electrons. The van der Waals surface area contributed by atoms with Crippen LogP contribution in [0.3, 0.4) is 0 Å². The van der Waals surface area contributed by atoms with Gasteiger partial charge in [-0.15, -0.1) is 4.40 Å². The van der Waals surface area contributed by atoms with Crippen molar-refractivity contribution in [2.45, 2.75) is 19.8 Å². The molecule has 0 spiro atoms. The summed E-state index contributed by atoms with van der Waals surface area (Å²) in [5.41, 5.74) is 2.80. The fraction of sp³-hybridized carbons (Fsp3) is 0.278. The maximum atomic E-state index is 11.7. The van der Waals surface area contributed by atoms with Crippen molar-refractivity contribution in [2.24, 2.45) is 4.40 Å². The molecule has 2 aliphatic heterocycles. The summed E-state index contributed by atoms with van der Waals surface area (Å²) >= 11 is 0. The molecular formula is C18H18N2O2S. The molecule has 2 heterocycles. The van der Waals surface area contributed by atoms with Crippen molar-refractivity contribution in [1.82, 2.24) is 4.90 Å². The molecule has 2 aliphatic rings. The molecule has 0 atom stereocenters. The van der Waals surface area contributed by atoms with Crippen molar-refractivity contribution in [3.63, 3.8) is 0 Å². The lowest BCUT2D eigenvalue weighted by molar-refractivity contribution is 0.547. The smallest absolute Gasteiger partial charge is 0.256 e. The molecule has 0 saturated carbocycles. The van der Waals surface area contributed by atoms with E-state index in [1.54, 1.807) is 6.08 Å². The zero-order valence-corrected chi connectivity index (χ0v) is 14.0. The number of amidine groups is 1. The fourth-order valence-electron chi connectivity index (χ4n) is 2.40. The number of hydrogen-bond donors (Lipinski definition) is 0. The normalized spacial score (nSPS) is 18.7. The quantitative estimate of drug-likeness (QED) is 0.746. The van der Waals surface area contributed by atoms with Gasteiger partial charge >= 0.3 is 0 Å². The molecule has 0 radical (unpaired) electrons. The molecule has 23 heavy (non-hydrogen) atoms. The second-order valence-electron chi connectivity index (χ2n) is 5.84. The number of benzene rings is 1. The summed E-state index contributed by atoms with van der Waals surface area (Å²) in [5.74, 6) is 7.08. The predicted octanol–water partition coefficient (Wildman–Crippen LogP) is 2.66. The minimum atomic E-state index is -3.38. The van der Waals surface area contributed by atoms with Crippen molar-refractivity contribution < 1.29 is 8.42 Å². The molecule has 1 aromatic carbocycles. The minimum absolute atomic E-state index is 0.0399. The van der Waals surface area contributed by atoms with Gasteiger partial charge in [-0.3, -0.25) is 0 Å². The van der Waals surface area contributed by atoms with E-state index in [0.717, 1.165) is 5.56 Å². The van der Waals surface area contributed by atoms with Crippen LogP contribution in [0.25, 0.3) is 0 Å². The molecule has 0 N–H and O–H groups in total. The van der Waals surface area contributed by atoms with Crippen molar-refractivity contribution in [3.8, 4) is 11.8 Å². The van der Waals surface area contributed by atoms with Crippen LogP contribution in [0.5, 0.6) is 0 Å². The van der Waals surface area contributed by atoms with Gasteiger partial charge in [-0.25, -0.2) is 8.42 Å². The van der Waals surface area contributed by atoms with E-state index in [4.69, 9.17) is 0 Å². The second-order valence-corrected chi connectivity index (χ2v) is 7.60. The van der Waals surface area contributed by atoms with Crippen molar-refractivity contribution in [1.29, 1.82) is 0 Å². The lowest BCUT2D eigenvalue weighted by Gasteiger charge is -2.27. The van der Waals surface area contributed by atoms with Gasteiger partial charge in [0, 0.05) is 18.3 Å². The number of sulfonamides is 1. The van der Waals surface area contributed by atoms with E-state index in [1.165, 1.54) is 5.56 Å². The molecular weight excluding hydrogens is 308 g/mol. The van der Waals surface area contributed by atoms with Crippen LogP contribution in [-0.2, 0) is 10.0 Å². The molecule has 5 heteroatoms. The summed E-state index contributed by atoms with van der Waals surface area (Å²) in [6, 6.07) is 8.11. The van der Waals surface area contributed by atoms with E-state index >= 15 is 0 Å². The summed E-state index contributed by atoms with van der Waals surface area (Å²) in [7, 11) is -3.38. The monoisotopic (exact) mass is 326 g/mol. The first kappa shape index (κ1) is 15.6. The van der Waals surface area contributed by atoms with E-state index < -0.39 is 10.0 Å². The van der Waals surface area contributed by atoms with Crippen LogP contribution in [-0.4, -0.2) is 31.5 Å². The highest BCUT2D eigenvalue weighted by atomic mass is 32.2. The number of hydrogen-bond acceptors (Lipinski definition) is 3. The molecule has 0 aliphatic carbocycles. The van der Waals surface area contributed by atoms with Gasteiger partial charge in [0.05, 0.1) is 11.3 Å². The molecule has 4 nitrogen and oxygen atoms in total. The van der Waals surface area contributed by atoms with Gasteiger partial charge in [-0.2, -0.15) is 0 Å². The number of rotatable bonds is 1. The van der Waals surface area contributed by atoms with Crippen LogP contribution in [0, 0.1) is 11.8 Å². The standard InChI is InChI=1S/C18H18N2O2S/c1-14(2)16-8-5-15(6-9-16)7-10-17-4-3-11-20-12-13-23(21,22)19-18(17)20/h3-6,8-9,11,14H,12-13H2,1-2H3. The van der Waals surface area contributed by atoms with Gasteiger partial charge < -0.3 is 4.90 Å². The Morgan fingerprint density at radius 1 is 1.17 bits per heavy atom. The van der Waals surface area contributed by atoms with Crippen LogP contribution < -0.4 is 0 Å². The van der Waals surface area contributed by atoms with E-state index in [1.807, 2.05) is 29.3 Å². The first-order valence-corrected chi connectivity index (χ1v) is 9.16. The summed E-state index contributed by atoms with van der Waals surface area (Å²) in [6.07, 6.45) is 5.49. The topological polar surface area (TPSA) is 49.7 Å². The highest BCUT2D eigenvalue weighted by Crippen LogP contribution is 2.18. The summed E-state index contributed by atoms with van der Waals surface area (Å²) in [4.78, 5) is 1.83. The lowest BCUT2D eigenvalue weighted by Crippen LogP contribution is -2.37. The van der Waals surface area contributed by atoms with Gasteiger partial charge in [0.15, 0.2) is 5.84 Å². The lowest BCUT2D eigenvalue weighted by atomic mass is 10.0. The molecule has 0 unspecified atom stereocenters. The van der Waals surface area contributed by atoms with Crippen molar-refractivity contribution in [3.05, 3.63) is 59.3 Å². The zero-order valence-electron chi connectivity index (χ0n) is 13.2. The summed E-state index contributed by atoms with van der Waals surface area (Å²) < 4.78 is 27.3. The van der Waals surface area contributed by atoms with Crippen LogP contribution in [0.2, 0.25) is 0 Å². The Kier molecular flexibility index (Phi) is 4.10. The van der Waals surface area contributed by atoms with Gasteiger partial charge in [-0.1, -0.05) is 37.8 Å². The molecule has 0 bridgehead atoms. The third-order valence-electron chi connectivity index (χ3n) is 3.78. The Bertz CT molecular complexity index is 864. The maximum Gasteiger partial charge on any atom is 0.256 e. The number of nitrogens with zero attached hydrogens (tertiary/aromatic N) is 2. The van der Waals surface area contributed by atoms with E-state index in [2.05, 4.69) is 42.2 Å². The van der Waals surface area contributed by atoms with Crippen LogP contribution in [0.1, 0.15) is 30.9 Å². The van der Waals surface area contributed by atoms with Gasteiger partial charge in [0.2, 0.25) is 0 Å². The third-order valence-corrected chi connectivity index (χ3v) is 4.93. The van der Waals surface area contributed by atoms with E-state index in [-0.39, 0.29) is 5.75 Å². The Morgan fingerprint density at radius 2 is 1.91 bits per heavy atom. The van der Waals surface area contributed by atoms with E-state index in [9.17, 15) is 8.42 Å². The third kappa shape index (κ3) is 3.54. The highest BCUT2D eigenvalue weighted by molar-refractivity contribution is 7.90. The molecule has 3 rings (SSSR count). The highest BCUT2D eigenvalue weighted by Gasteiger charge is 2.25. The average molecular weight is 326 g/mol. The SMILES string of the molecule is CC(C)c1ccc(C#CC2=CC=CN3CCS(=O)(=O)N=C23)cc1. The largest absolute Gasteiger partial charge is 0.330 e.